The van der Waals surface area contributed by atoms with Crippen molar-refractivity contribution in [2.24, 2.45) is 0 Å². The van der Waals surface area contributed by atoms with Crippen molar-refractivity contribution in [3.63, 3.8) is 0 Å². The lowest BCUT2D eigenvalue weighted by Gasteiger charge is -2.29. The van der Waals surface area contributed by atoms with Gasteiger partial charge in [-0.15, -0.1) is 0 Å². The number of hydrogen-bond donors (Lipinski definition) is 4. The Morgan fingerprint density at radius 2 is 1.75 bits per heavy atom. The minimum Gasteiger partial charge on any atom is -0.508 e. The molecule has 0 heterocycles. The lowest BCUT2D eigenvalue weighted by molar-refractivity contribution is -0.0797. The van der Waals surface area contributed by atoms with E-state index in [-0.39, 0.29) is 34.8 Å². The molecule has 0 radical (unpaired) electrons. The first-order valence-electron chi connectivity index (χ1n) is 10.5. The van der Waals surface area contributed by atoms with Crippen LogP contribution in [-0.4, -0.2) is 45.0 Å². The van der Waals surface area contributed by atoms with Crippen LogP contribution < -0.4 is 0 Å². The van der Waals surface area contributed by atoms with Crippen molar-refractivity contribution in [2.75, 3.05) is 7.11 Å². The molecule has 32 heavy (non-hydrogen) atoms. The van der Waals surface area contributed by atoms with Crippen molar-refractivity contribution >= 4 is 11.9 Å². The van der Waals surface area contributed by atoms with E-state index >= 15 is 0 Å². The molecule has 2 aromatic rings. The Labute approximate surface area is 189 Å². The van der Waals surface area contributed by atoms with Crippen LogP contribution in [0.15, 0.2) is 54.1 Å². The minimum absolute atomic E-state index is 0.0915. The molecule has 0 amide bonds. The third-order valence-electron chi connectivity index (χ3n) is 5.64. The van der Waals surface area contributed by atoms with Gasteiger partial charge in [0.25, 0.3) is 0 Å². The molecule has 0 aromatic heterocycles. The van der Waals surface area contributed by atoms with Crippen molar-refractivity contribution in [3.8, 4) is 17.2 Å². The first-order valence-corrected chi connectivity index (χ1v) is 10.5. The summed E-state index contributed by atoms with van der Waals surface area (Å²) < 4.78 is 5.30. The first-order chi connectivity index (χ1) is 15.0. The standard InChI is InChI=1S/C26H32O6/c1-17(6-16-24(30)26(2,3)32-4)5-12-20-23(29)15-13-21(25(20)31)22(28)14-9-18-7-10-19(27)11-8-18/h5,7-11,13-15,24,27,29-31H,6,12,16H2,1-4H3/b14-9?,17-5+. The fraction of sp³-hybridized carbons (Fsp3) is 0.346. The third kappa shape index (κ3) is 6.70. The number of benzene rings is 2. The number of aromatic hydroxyl groups is 3. The Morgan fingerprint density at radius 3 is 2.38 bits per heavy atom. The molecule has 0 fully saturated rings. The largest absolute Gasteiger partial charge is 0.508 e. The van der Waals surface area contributed by atoms with Gasteiger partial charge in [0.15, 0.2) is 5.78 Å². The summed E-state index contributed by atoms with van der Waals surface area (Å²) in [5.41, 5.74) is 1.44. The van der Waals surface area contributed by atoms with Crippen LogP contribution in [0.5, 0.6) is 17.2 Å². The number of carbonyl (C=O) groups excluding carboxylic acids is 1. The van der Waals surface area contributed by atoms with Gasteiger partial charge in [-0.3, -0.25) is 4.79 Å². The number of ketones is 1. The molecule has 0 aliphatic heterocycles. The summed E-state index contributed by atoms with van der Waals surface area (Å²) in [7, 11) is 1.56. The van der Waals surface area contributed by atoms with Crippen molar-refractivity contribution in [3.05, 3.63) is 70.8 Å². The normalized spacial score (nSPS) is 13.5. The van der Waals surface area contributed by atoms with E-state index in [2.05, 4.69) is 0 Å². The van der Waals surface area contributed by atoms with E-state index in [1.807, 2.05) is 26.8 Å². The smallest absolute Gasteiger partial charge is 0.189 e. The molecule has 1 unspecified atom stereocenters. The second kappa shape index (κ2) is 11.0. The summed E-state index contributed by atoms with van der Waals surface area (Å²) in [5.74, 6) is -0.613. The number of carbonyl (C=O) groups is 1. The number of aliphatic hydroxyl groups excluding tert-OH is 1. The quantitative estimate of drug-likeness (QED) is 0.241. The van der Waals surface area contributed by atoms with E-state index in [0.717, 1.165) is 11.1 Å². The Bertz CT molecular complexity index is 986. The van der Waals surface area contributed by atoms with Crippen LogP contribution in [0.4, 0.5) is 0 Å². The number of hydrogen-bond acceptors (Lipinski definition) is 6. The van der Waals surface area contributed by atoms with E-state index < -0.39 is 17.5 Å². The molecular formula is C26H32O6. The van der Waals surface area contributed by atoms with Gasteiger partial charge in [0.1, 0.15) is 17.2 Å². The average Bonchev–Trinajstić information content (AvgIpc) is 2.76. The molecule has 0 aliphatic rings. The van der Waals surface area contributed by atoms with Gasteiger partial charge in [-0.2, -0.15) is 0 Å². The van der Waals surface area contributed by atoms with Gasteiger partial charge in [-0.25, -0.2) is 0 Å². The molecule has 1 atom stereocenters. The maximum atomic E-state index is 12.6. The Hall–Kier alpha value is -3.09. The maximum absolute atomic E-state index is 12.6. The number of phenolic OH excluding ortho intramolecular Hbond substituents is 3. The Kier molecular flexibility index (Phi) is 8.63. The summed E-state index contributed by atoms with van der Waals surface area (Å²) in [5, 5.41) is 40.4. The van der Waals surface area contributed by atoms with E-state index in [4.69, 9.17) is 4.74 Å². The van der Waals surface area contributed by atoms with Gasteiger partial charge < -0.3 is 25.2 Å². The van der Waals surface area contributed by atoms with Crippen LogP contribution in [0.2, 0.25) is 0 Å². The molecule has 0 saturated heterocycles. The topological polar surface area (TPSA) is 107 Å². The zero-order valence-electron chi connectivity index (χ0n) is 19.0. The maximum Gasteiger partial charge on any atom is 0.189 e. The molecular weight excluding hydrogens is 408 g/mol. The molecule has 0 saturated carbocycles. The van der Waals surface area contributed by atoms with E-state index in [1.165, 1.54) is 30.3 Å². The highest BCUT2D eigenvalue weighted by Gasteiger charge is 2.26. The number of aliphatic hydroxyl groups is 1. The molecule has 172 valence electrons. The van der Waals surface area contributed by atoms with Crippen LogP contribution >= 0.6 is 0 Å². The van der Waals surface area contributed by atoms with Crippen molar-refractivity contribution in [1.29, 1.82) is 0 Å². The molecule has 0 spiro atoms. The van der Waals surface area contributed by atoms with E-state index in [1.54, 1.807) is 25.3 Å². The molecule has 4 N–H and O–H groups in total. The van der Waals surface area contributed by atoms with Gasteiger partial charge in [0.2, 0.25) is 0 Å². The highest BCUT2D eigenvalue weighted by molar-refractivity contribution is 6.09. The average molecular weight is 441 g/mol. The number of rotatable bonds is 10. The molecule has 0 aliphatic carbocycles. The summed E-state index contributed by atoms with van der Waals surface area (Å²) in [4.78, 5) is 12.6. The molecule has 6 heteroatoms. The number of phenols is 3. The first kappa shape index (κ1) is 25.2. The van der Waals surface area contributed by atoms with Crippen LogP contribution in [0.25, 0.3) is 6.08 Å². The van der Waals surface area contributed by atoms with E-state index in [0.29, 0.717) is 12.8 Å². The number of ether oxygens (including phenoxy) is 1. The fourth-order valence-corrected chi connectivity index (χ4v) is 3.10. The Balaban J connectivity index is 2.11. The number of allylic oxidation sites excluding steroid dienone is 3. The van der Waals surface area contributed by atoms with Gasteiger partial charge in [-0.05, 0) is 75.9 Å². The summed E-state index contributed by atoms with van der Waals surface area (Å²) in [6.07, 6.45) is 5.55. The van der Waals surface area contributed by atoms with Gasteiger partial charge in [0, 0.05) is 12.7 Å². The fourth-order valence-electron chi connectivity index (χ4n) is 3.10. The van der Waals surface area contributed by atoms with Crippen molar-refractivity contribution < 1.29 is 30.0 Å². The summed E-state index contributed by atoms with van der Waals surface area (Å²) in [6.45, 7) is 5.56. The number of methoxy groups -OCH3 is 1. The molecule has 6 nitrogen and oxygen atoms in total. The zero-order valence-corrected chi connectivity index (χ0v) is 19.0. The third-order valence-corrected chi connectivity index (χ3v) is 5.64. The lowest BCUT2D eigenvalue weighted by Crippen LogP contribution is -2.37. The SMILES string of the molecule is COC(C)(C)C(O)CC/C(C)=C/Cc1c(O)ccc(C(=O)C=Cc2ccc(O)cc2)c1O. The predicted octanol–water partition coefficient (Wildman–Crippen LogP) is 4.75. The second-order valence-electron chi connectivity index (χ2n) is 8.37. The summed E-state index contributed by atoms with van der Waals surface area (Å²) in [6, 6.07) is 9.15. The van der Waals surface area contributed by atoms with Gasteiger partial charge in [-0.1, -0.05) is 29.9 Å². The molecule has 2 rings (SSSR count). The minimum atomic E-state index is -0.640. The zero-order chi connectivity index (χ0) is 23.9. The van der Waals surface area contributed by atoms with Crippen molar-refractivity contribution in [2.45, 2.75) is 51.7 Å². The van der Waals surface area contributed by atoms with Gasteiger partial charge in [0.05, 0.1) is 17.3 Å². The van der Waals surface area contributed by atoms with Crippen LogP contribution in [0, 0.1) is 0 Å². The van der Waals surface area contributed by atoms with Crippen LogP contribution in [0.1, 0.15) is 55.1 Å². The van der Waals surface area contributed by atoms with Crippen LogP contribution in [0.3, 0.4) is 0 Å². The Morgan fingerprint density at radius 1 is 1.09 bits per heavy atom. The molecule has 0 bridgehead atoms. The lowest BCUT2D eigenvalue weighted by atomic mass is 9.94. The van der Waals surface area contributed by atoms with E-state index in [9.17, 15) is 25.2 Å². The van der Waals surface area contributed by atoms with Crippen LogP contribution in [-0.2, 0) is 11.2 Å². The predicted molar refractivity (Wildman–Crippen MR) is 125 cm³/mol. The monoisotopic (exact) mass is 440 g/mol. The van der Waals surface area contributed by atoms with Crippen molar-refractivity contribution in [1.82, 2.24) is 0 Å². The second-order valence-corrected chi connectivity index (χ2v) is 8.37. The summed E-state index contributed by atoms with van der Waals surface area (Å²) >= 11 is 0. The highest BCUT2D eigenvalue weighted by Crippen LogP contribution is 2.32. The highest BCUT2D eigenvalue weighted by atomic mass is 16.5. The van der Waals surface area contributed by atoms with Gasteiger partial charge >= 0.3 is 0 Å². The molecule has 2 aromatic carbocycles.